The van der Waals surface area contributed by atoms with Crippen molar-refractivity contribution in [2.24, 2.45) is 0 Å². The molecule has 0 saturated heterocycles. The molecule has 29 heavy (non-hydrogen) atoms. The van der Waals surface area contributed by atoms with Crippen molar-refractivity contribution in [1.82, 2.24) is 16.2 Å². The average molecular weight is 480 g/mol. The Bertz CT molecular complexity index is 875. The van der Waals surface area contributed by atoms with E-state index in [9.17, 15) is 9.59 Å². The molecule has 7 nitrogen and oxygen atoms in total. The van der Waals surface area contributed by atoms with Gasteiger partial charge in [-0.15, -0.1) is 0 Å². The van der Waals surface area contributed by atoms with Crippen molar-refractivity contribution < 1.29 is 19.1 Å². The van der Waals surface area contributed by atoms with Gasteiger partial charge in [-0.3, -0.25) is 25.8 Å². The van der Waals surface area contributed by atoms with E-state index in [1.165, 1.54) is 5.56 Å². The summed E-state index contributed by atoms with van der Waals surface area (Å²) in [7, 11) is 0. The number of aryl methyl sites for hydroxylation is 1. The molecule has 2 amide bonds. The molecule has 0 aliphatic carbocycles. The first-order valence-electron chi connectivity index (χ1n) is 8.97. The molecule has 0 saturated carbocycles. The normalized spacial score (nSPS) is 10.0. The Morgan fingerprint density at radius 2 is 1.76 bits per heavy atom. The fourth-order valence-electron chi connectivity index (χ4n) is 2.25. The van der Waals surface area contributed by atoms with E-state index >= 15 is 0 Å². The fraction of sp³-hybridized carbons (Fsp3) is 0.250. The first kappa shape index (κ1) is 22.6. The summed E-state index contributed by atoms with van der Waals surface area (Å²) in [4.78, 5) is 24.1. The first-order chi connectivity index (χ1) is 13.9. The summed E-state index contributed by atoms with van der Waals surface area (Å²) in [6.45, 7) is 4.26. The third-order valence-electron chi connectivity index (χ3n) is 3.74. The maximum atomic E-state index is 12.2. The molecule has 2 aromatic carbocycles. The van der Waals surface area contributed by atoms with Gasteiger partial charge >= 0.3 is 0 Å². The minimum atomic E-state index is -0.440. The molecule has 2 aromatic rings. The summed E-state index contributed by atoms with van der Waals surface area (Å²) in [6, 6.07) is 12.4. The number of halogens is 1. The van der Waals surface area contributed by atoms with E-state index in [2.05, 4.69) is 39.0 Å². The van der Waals surface area contributed by atoms with E-state index in [-0.39, 0.29) is 11.7 Å². The topological polar surface area (TPSA) is 88.7 Å². The van der Waals surface area contributed by atoms with E-state index in [1.54, 1.807) is 30.3 Å². The molecular weight excluding hydrogens is 458 g/mol. The highest BCUT2D eigenvalue weighted by Gasteiger charge is 2.11. The Morgan fingerprint density at radius 3 is 2.38 bits per heavy atom. The van der Waals surface area contributed by atoms with E-state index in [4.69, 9.17) is 21.7 Å². The Kier molecular flexibility index (Phi) is 8.88. The molecule has 0 heterocycles. The lowest BCUT2D eigenvalue weighted by atomic mass is 10.2. The number of hydrazine groups is 1. The molecule has 0 radical (unpaired) electrons. The second kappa shape index (κ2) is 11.4. The predicted octanol–water partition coefficient (Wildman–Crippen LogP) is 3.12. The number of hydrogen-bond donors (Lipinski definition) is 3. The molecule has 3 N–H and O–H groups in total. The highest BCUT2D eigenvalue weighted by atomic mass is 79.9. The standard InChI is InChI=1S/C20H22BrN3O4S/c1-3-13-5-8-15(9-6-13)28-12-18(25)23-24-20(29)22-19(26)14-7-10-17(27-4-2)16(21)11-14/h5-11H,3-4,12H2,1-2H3,(H,23,25)(H2,22,24,26,29). The minimum Gasteiger partial charge on any atom is -0.493 e. The molecule has 0 fully saturated rings. The van der Waals surface area contributed by atoms with Gasteiger partial charge in [-0.05, 0) is 77.4 Å². The van der Waals surface area contributed by atoms with E-state index < -0.39 is 11.8 Å². The molecular formula is C20H22BrN3O4S. The van der Waals surface area contributed by atoms with Crippen molar-refractivity contribution in [2.45, 2.75) is 20.3 Å². The van der Waals surface area contributed by atoms with Gasteiger partial charge in [0, 0.05) is 5.56 Å². The molecule has 0 aromatic heterocycles. The molecule has 0 aliphatic rings. The molecule has 9 heteroatoms. The summed E-state index contributed by atoms with van der Waals surface area (Å²) >= 11 is 8.37. The zero-order chi connectivity index (χ0) is 21.2. The zero-order valence-corrected chi connectivity index (χ0v) is 18.5. The SMILES string of the molecule is CCOc1ccc(C(=O)NC(=S)NNC(=O)COc2ccc(CC)cc2)cc1Br. The van der Waals surface area contributed by atoms with Crippen LogP contribution in [0.2, 0.25) is 0 Å². The fourth-order valence-corrected chi connectivity index (χ4v) is 2.89. The third kappa shape index (κ3) is 7.35. The number of nitrogens with one attached hydrogen (secondary N) is 3. The molecule has 0 unspecified atom stereocenters. The number of benzene rings is 2. The van der Waals surface area contributed by atoms with Crippen LogP contribution in [-0.2, 0) is 11.2 Å². The zero-order valence-electron chi connectivity index (χ0n) is 16.1. The first-order valence-corrected chi connectivity index (χ1v) is 10.2. The predicted molar refractivity (Wildman–Crippen MR) is 118 cm³/mol. The second-order valence-corrected chi connectivity index (χ2v) is 7.08. The maximum absolute atomic E-state index is 12.2. The van der Waals surface area contributed by atoms with Crippen LogP contribution in [-0.4, -0.2) is 30.1 Å². The molecule has 0 atom stereocenters. The number of thiocarbonyl (C=S) groups is 1. The number of rotatable bonds is 7. The van der Waals surface area contributed by atoms with Gasteiger partial charge in [0.2, 0.25) is 0 Å². The van der Waals surface area contributed by atoms with Gasteiger partial charge in [0.15, 0.2) is 11.7 Å². The van der Waals surface area contributed by atoms with Crippen LogP contribution in [0.15, 0.2) is 46.9 Å². The van der Waals surface area contributed by atoms with Crippen molar-refractivity contribution in [3.05, 3.63) is 58.1 Å². The van der Waals surface area contributed by atoms with Gasteiger partial charge in [-0.2, -0.15) is 0 Å². The summed E-state index contributed by atoms with van der Waals surface area (Å²) in [5, 5.41) is 2.44. The Labute approximate surface area is 183 Å². The van der Waals surface area contributed by atoms with E-state index in [1.807, 2.05) is 19.1 Å². The van der Waals surface area contributed by atoms with Crippen LogP contribution in [0, 0.1) is 0 Å². The number of amides is 2. The summed E-state index contributed by atoms with van der Waals surface area (Å²) in [5.74, 6) is 0.369. The van der Waals surface area contributed by atoms with Gasteiger partial charge in [-0.25, -0.2) is 0 Å². The summed E-state index contributed by atoms with van der Waals surface area (Å²) < 4.78 is 11.5. The van der Waals surface area contributed by atoms with Crippen LogP contribution in [0.3, 0.4) is 0 Å². The lowest BCUT2D eigenvalue weighted by Gasteiger charge is -2.12. The third-order valence-corrected chi connectivity index (χ3v) is 4.56. The van der Waals surface area contributed by atoms with Crippen molar-refractivity contribution in [2.75, 3.05) is 13.2 Å². The highest BCUT2D eigenvalue weighted by molar-refractivity contribution is 9.10. The number of hydrogen-bond acceptors (Lipinski definition) is 5. The van der Waals surface area contributed by atoms with Gasteiger partial charge in [-0.1, -0.05) is 19.1 Å². The highest BCUT2D eigenvalue weighted by Crippen LogP contribution is 2.25. The lowest BCUT2D eigenvalue weighted by molar-refractivity contribution is -0.123. The number of carbonyl (C=O) groups excluding carboxylic acids is 2. The van der Waals surface area contributed by atoms with Crippen molar-refractivity contribution in [3.8, 4) is 11.5 Å². The summed E-state index contributed by atoms with van der Waals surface area (Å²) in [6.07, 6.45) is 0.932. The van der Waals surface area contributed by atoms with Crippen LogP contribution in [0.5, 0.6) is 11.5 Å². The van der Waals surface area contributed by atoms with Crippen molar-refractivity contribution in [1.29, 1.82) is 0 Å². The number of carbonyl (C=O) groups is 2. The lowest BCUT2D eigenvalue weighted by Crippen LogP contribution is -2.49. The van der Waals surface area contributed by atoms with Crippen LogP contribution < -0.4 is 25.6 Å². The van der Waals surface area contributed by atoms with Crippen LogP contribution in [0.25, 0.3) is 0 Å². The maximum Gasteiger partial charge on any atom is 0.276 e. The van der Waals surface area contributed by atoms with Gasteiger partial charge < -0.3 is 9.47 Å². The molecule has 0 bridgehead atoms. The molecule has 154 valence electrons. The summed E-state index contributed by atoms with van der Waals surface area (Å²) in [5.41, 5.74) is 6.41. The minimum absolute atomic E-state index is 0.0411. The smallest absolute Gasteiger partial charge is 0.276 e. The Balaban J connectivity index is 1.76. The molecule has 2 rings (SSSR count). The monoisotopic (exact) mass is 479 g/mol. The van der Waals surface area contributed by atoms with Crippen LogP contribution >= 0.6 is 28.1 Å². The molecule has 0 aliphatic heterocycles. The molecule has 0 spiro atoms. The van der Waals surface area contributed by atoms with E-state index in [0.717, 1.165) is 6.42 Å². The van der Waals surface area contributed by atoms with Crippen molar-refractivity contribution in [3.63, 3.8) is 0 Å². The van der Waals surface area contributed by atoms with Crippen molar-refractivity contribution >= 4 is 45.1 Å². The Morgan fingerprint density at radius 1 is 1.03 bits per heavy atom. The largest absolute Gasteiger partial charge is 0.493 e. The quantitative estimate of drug-likeness (QED) is 0.417. The number of ether oxygens (including phenoxy) is 2. The van der Waals surface area contributed by atoms with Crippen LogP contribution in [0.4, 0.5) is 0 Å². The van der Waals surface area contributed by atoms with Crippen LogP contribution in [0.1, 0.15) is 29.8 Å². The van der Waals surface area contributed by atoms with E-state index in [0.29, 0.717) is 28.1 Å². The van der Waals surface area contributed by atoms with Gasteiger partial charge in [0.05, 0.1) is 11.1 Å². The second-order valence-electron chi connectivity index (χ2n) is 5.82. The van der Waals surface area contributed by atoms with Gasteiger partial charge in [0.1, 0.15) is 11.5 Å². The average Bonchev–Trinajstić information content (AvgIpc) is 2.72. The Hall–Kier alpha value is -2.65. The van der Waals surface area contributed by atoms with Gasteiger partial charge in [0.25, 0.3) is 11.8 Å².